The Balaban J connectivity index is 2.55. The molecule has 1 aromatic rings. The van der Waals surface area contributed by atoms with Crippen molar-refractivity contribution in [3.63, 3.8) is 0 Å². The molecule has 0 aliphatic heterocycles. The number of hydrogen-bond donors (Lipinski definition) is 0. The van der Waals surface area contributed by atoms with Crippen LogP contribution >= 0.6 is 11.6 Å². The molecule has 1 nitrogen and oxygen atoms in total. The van der Waals surface area contributed by atoms with E-state index >= 15 is 0 Å². The van der Waals surface area contributed by atoms with Crippen LogP contribution in [-0.2, 0) is 6.42 Å². The molecule has 108 valence electrons. The molecule has 0 amide bonds. The molecule has 0 N–H and O–H groups in total. The summed E-state index contributed by atoms with van der Waals surface area (Å²) in [5.41, 5.74) is 2.77. The predicted molar refractivity (Wildman–Crippen MR) is 87.5 cm³/mol. The molecule has 0 bridgehead atoms. The highest BCUT2D eigenvalue weighted by Crippen LogP contribution is 2.17. The van der Waals surface area contributed by atoms with Crippen molar-refractivity contribution in [1.82, 2.24) is 0 Å². The third kappa shape index (κ3) is 6.33. The molecule has 0 saturated heterocycles. The van der Waals surface area contributed by atoms with Gasteiger partial charge >= 0.3 is 0 Å². The largest absolute Gasteiger partial charge is 0.370 e. The predicted octanol–water partition coefficient (Wildman–Crippen LogP) is 5.26. The van der Waals surface area contributed by atoms with E-state index in [4.69, 9.17) is 11.6 Å². The highest BCUT2D eigenvalue weighted by atomic mass is 35.5. The Morgan fingerprint density at radius 3 is 2.16 bits per heavy atom. The molecule has 0 saturated carbocycles. The lowest BCUT2D eigenvalue weighted by atomic mass is 10.1. The van der Waals surface area contributed by atoms with Gasteiger partial charge in [-0.1, -0.05) is 45.2 Å². The van der Waals surface area contributed by atoms with Crippen molar-refractivity contribution < 1.29 is 0 Å². The Bertz CT molecular complexity index is 321. The number of halogens is 1. The van der Waals surface area contributed by atoms with Crippen LogP contribution in [0.2, 0.25) is 0 Å². The summed E-state index contributed by atoms with van der Waals surface area (Å²) in [6, 6.07) is 9.06. The van der Waals surface area contributed by atoms with E-state index in [1.54, 1.807) is 0 Å². The summed E-state index contributed by atoms with van der Waals surface area (Å²) in [5, 5.41) is 0. The molecule has 19 heavy (non-hydrogen) atoms. The van der Waals surface area contributed by atoms with Gasteiger partial charge in [-0.3, -0.25) is 0 Å². The topological polar surface area (TPSA) is 3.24 Å². The third-order valence-corrected chi connectivity index (χ3v) is 3.68. The van der Waals surface area contributed by atoms with Crippen molar-refractivity contribution in [2.24, 2.45) is 0 Å². The van der Waals surface area contributed by atoms with E-state index in [1.165, 1.54) is 49.8 Å². The molecule has 1 rings (SSSR count). The normalized spacial score (nSPS) is 10.7. The van der Waals surface area contributed by atoms with E-state index in [1.807, 2.05) is 0 Å². The summed E-state index contributed by atoms with van der Waals surface area (Å²) >= 11 is 5.90. The average Bonchev–Trinajstić information content (AvgIpc) is 2.45. The number of rotatable bonds is 10. The van der Waals surface area contributed by atoms with Gasteiger partial charge in [0.2, 0.25) is 0 Å². The molecule has 0 heterocycles. The molecular weight excluding hydrogens is 254 g/mol. The minimum atomic E-state index is 0.696. The number of hydrogen-bond acceptors (Lipinski definition) is 1. The molecule has 0 aliphatic rings. The zero-order valence-electron chi connectivity index (χ0n) is 12.5. The smallest absolute Gasteiger partial charge is 0.0399 e. The van der Waals surface area contributed by atoms with Crippen LogP contribution in [0.4, 0.5) is 5.69 Å². The minimum Gasteiger partial charge on any atom is -0.370 e. The van der Waals surface area contributed by atoms with Crippen molar-refractivity contribution in [3.05, 3.63) is 29.8 Å². The number of nitrogens with zero attached hydrogens (tertiary/aromatic N) is 1. The van der Waals surface area contributed by atoms with Crippen LogP contribution in [0.25, 0.3) is 0 Å². The quantitative estimate of drug-likeness (QED) is 0.417. The second kappa shape index (κ2) is 10.1. The Hall–Kier alpha value is -0.690. The van der Waals surface area contributed by atoms with Crippen molar-refractivity contribution in [3.8, 4) is 0 Å². The van der Waals surface area contributed by atoms with Crippen LogP contribution in [-0.4, -0.2) is 19.0 Å². The summed E-state index contributed by atoms with van der Waals surface area (Å²) in [4.78, 5) is 2.40. The molecule has 0 fully saturated rings. The summed E-state index contributed by atoms with van der Waals surface area (Å²) < 4.78 is 0. The van der Waals surface area contributed by atoms with E-state index in [9.17, 15) is 0 Å². The number of unbranched alkanes of at least 4 members (excludes halogenated alkanes) is 3. The number of aryl methyl sites for hydroxylation is 1. The van der Waals surface area contributed by atoms with E-state index in [2.05, 4.69) is 43.0 Å². The van der Waals surface area contributed by atoms with Crippen molar-refractivity contribution in [1.29, 1.82) is 0 Å². The van der Waals surface area contributed by atoms with Gasteiger partial charge in [0, 0.05) is 24.7 Å². The van der Waals surface area contributed by atoms with Crippen molar-refractivity contribution in [2.75, 3.05) is 23.9 Å². The van der Waals surface area contributed by atoms with Gasteiger partial charge in [0.25, 0.3) is 0 Å². The second-order valence-corrected chi connectivity index (χ2v) is 5.53. The van der Waals surface area contributed by atoms with E-state index in [0.29, 0.717) is 5.88 Å². The maximum Gasteiger partial charge on any atom is 0.0399 e. The van der Waals surface area contributed by atoms with Crippen molar-refractivity contribution in [2.45, 2.75) is 52.4 Å². The lowest BCUT2D eigenvalue weighted by Crippen LogP contribution is -2.26. The number of benzene rings is 1. The maximum atomic E-state index is 5.90. The lowest BCUT2D eigenvalue weighted by molar-refractivity contribution is 0.716. The first-order valence-corrected chi connectivity index (χ1v) is 8.25. The molecular formula is C17H28ClN. The van der Waals surface area contributed by atoms with Crippen LogP contribution in [0, 0.1) is 0 Å². The molecule has 2 heteroatoms. The Morgan fingerprint density at radius 1 is 0.895 bits per heavy atom. The van der Waals surface area contributed by atoms with Gasteiger partial charge in [0.05, 0.1) is 0 Å². The summed E-state index contributed by atoms with van der Waals surface area (Å²) in [6.45, 7) is 6.53. The van der Waals surface area contributed by atoms with Crippen LogP contribution in [0.1, 0.15) is 51.5 Å². The van der Waals surface area contributed by atoms with E-state index < -0.39 is 0 Å². The van der Waals surface area contributed by atoms with Gasteiger partial charge in [-0.15, -0.1) is 11.6 Å². The van der Waals surface area contributed by atoms with Crippen LogP contribution < -0.4 is 4.90 Å². The molecule has 0 atom stereocenters. The summed E-state index contributed by atoms with van der Waals surface area (Å²) in [5.74, 6) is 0.696. The van der Waals surface area contributed by atoms with Gasteiger partial charge in [-0.25, -0.2) is 0 Å². The Kier molecular flexibility index (Phi) is 8.73. The molecule has 0 spiro atoms. The van der Waals surface area contributed by atoms with Gasteiger partial charge in [-0.05, 0) is 37.0 Å². The van der Waals surface area contributed by atoms with E-state index in [0.717, 1.165) is 13.1 Å². The first-order valence-electron chi connectivity index (χ1n) is 7.71. The molecule has 1 aromatic carbocycles. The fourth-order valence-corrected chi connectivity index (χ4v) is 2.48. The molecule has 0 radical (unpaired) electrons. The van der Waals surface area contributed by atoms with Crippen LogP contribution in [0.3, 0.4) is 0 Å². The van der Waals surface area contributed by atoms with Gasteiger partial charge in [0.15, 0.2) is 0 Å². The first kappa shape index (κ1) is 16.4. The monoisotopic (exact) mass is 281 g/mol. The molecule has 0 aliphatic carbocycles. The number of anilines is 1. The van der Waals surface area contributed by atoms with Crippen LogP contribution in [0.5, 0.6) is 0 Å². The average molecular weight is 282 g/mol. The minimum absolute atomic E-state index is 0.696. The van der Waals surface area contributed by atoms with Gasteiger partial charge < -0.3 is 4.90 Å². The standard InChI is InChI=1S/C17H28ClN/c1-3-5-7-8-16-9-11-17(12-10-16)19(15-13-18)14-6-4-2/h9-12H,3-8,13-15H2,1-2H3. The summed E-state index contributed by atoms with van der Waals surface area (Å²) in [7, 11) is 0. The second-order valence-electron chi connectivity index (χ2n) is 5.15. The number of alkyl halides is 1. The van der Waals surface area contributed by atoms with Gasteiger partial charge in [0.1, 0.15) is 0 Å². The third-order valence-electron chi connectivity index (χ3n) is 3.51. The maximum absolute atomic E-state index is 5.90. The lowest BCUT2D eigenvalue weighted by Gasteiger charge is -2.24. The fraction of sp³-hybridized carbons (Fsp3) is 0.647. The Labute approximate surface area is 124 Å². The van der Waals surface area contributed by atoms with Crippen LogP contribution in [0.15, 0.2) is 24.3 Å². The Morgan fingerprint density at radius 2 is 1.58 bits per heavy atom. The van der Waals surface area contributed by atoms with Gasteiger partial charge in [-0.2, -0.15) is 0 Å². The van der Waals surface area contributed by atoms with E-state index in [-0.39, 0.29) is 0 Å². The highest BCUT2D eigenvalue weighted by molar-refractivity contribution is 6.18. The highest BCUT2D eigenvalue weighted by Gasteiger charge is 2.05. The molecule has 0 unspecified atom stereocenters. The summed E-state index contributed by atoms with van der Waals surface area (Å²) in [6.07, 6.45) is 7.59. The fourth-order valence-electron chi connectivity index (χ4n) is 2.27. The molecule has 0 aromatic heterocycles. The first-order chi connectivity index (χ1) is 9.31. The SMILES string of the molecule is CCCCCc1ccc(N(CCCl)CCCC)cc1. The zero-order chi connectivity index (χ0) is 13.9. The zero-order valence-corrected chi connectivity index (χ0v) is 13.3. The van der Waals surface area contributed by atoms with Crippen molar-refractivity contribution >= 4 is 17.3 Å².